The van der Waals surface area contributed by atoms with Crippen molar-refractivity contribution in [1.29, 1.82) is 0 Å². The molecule has 10 nitrogen and oxygen atoms in total. The zero-order valence-corrected chi connectivity index (χ0v) is 24.8. The minimum atomic E-state index is -0.475. The van der Waals surface area contributed by atoms with Crippen LogP contribution in [0.15, 0.2) is 42.6 Å². The van der Waals surface area contributed by atoms with Crippen LogP contribution in [-0.2, 0) is 10.2 Å². The fraction of sp³-hybridized carbons (Fsp3) is 0.500. The van der Waals surface area contributed by atoms with Gasteiger partial charge in [-0.1, -0.05) is 37.4 Å². The number of anilines is 2. The fourth-order valence-corrected chi connectivity index (χ4v) is 6.37. The van der Waals surface area contributed by atoms with E-state index < -0.39 is 6.09 Å². The number of hydrogen-bond donors (Lipinski definition) is 0. The van der Waals surface area contributed by atoms with E-state index in [2.05, 4.69) is 52.4 Å². The number of hydrogen-bond acceptors (Lipinski definition) is 9. The molecule has 1 aliphatic carbocycles. The van der Waals surface area contributed by atoms with Crippen LogP contribution in [0.4, 0.5) is 16.3 Å². The molecule has 3 aliphatic rings. The second-order valence-corrected chi connectivity index (χ2v) is 12.8. The summed E-state index contributed by atoms with van der Waals surface area (Å²) in [5.41, 5.74) is 3.24. The predicted molar refractivity (Wildman–Crippen MR) is 157 cm³/mol. The van der Waals surface area contributed by atoms with Gasteiger partial charge < -0.3 is 19.3 Å². The van der Waals surface area contributed by atoms with Gasteiger partial charge in [-0.2, -0.15) is 0 Å². The Bertz CT molecular complexity index is 1390. The molecule has 1 aromatic carbocycles. The molecule has 6 rings (SSSR count). The standard InChI is InChI=1S/C30H36N6O4S/c1-19-28(41-33-32-19)40-29(38)36(22-9-10-26(31-15-22)34-11-13-39-14-12-34)18-25-23-16-35(17-24(23)25)27(37)20-5-7-21(8-6-20)30(2,3)4/h5-10,15,23-25H,11-14,16-18H2,1-4H3. The number of piperidine rings is 1. The molecule has 216 valence electrons. The van der Waals surface area contributed by atoms with Gasteiger partial charge in [0.05, 0.1) is 25.1 Å². The minimum absolute atomic E-state index is 0.0463. The highest BCUT2D eigenvalue weighted by Gasteiger charge is 2.57. The van der Waals surface area contributed by atoms with Crippen molar-refractivity contribution in [2.75, 3.05) is 55.7 Å². The van der Waals surface area contributed by atoms with Gasteiger partial charge in [0.15, 0.2) is 0 Å². The molecule has 0 N–H and O–H groups in total. The van der Waals surface area contributed by atoms with Gasteiger partial charge in [0, 0.05) is 49.8 Å². The first-order valence-corrected chi connectivity index (χ1v) is 14.9. The molecule has 4 heterocycles. The van der Waals surface area contributed by atoms with E-state index in [1.165, 1.54) is 5.56 Å². The third-order valence-corrected chi connectivity index (χ3v) is 9.15. The van der Waals surface area contributed by atoms with Crippen molar-refractivity contribution >= 4 is 35.0 Å². The lowest BCUT2D eigenvalue weighted by Crippen LogP contribution is -2.39. The third kappa shape index (κ3) is 5.78. The molecule has 3 fully saturated rings. The molecule has 1 saturated carbocycles. The van der Waals surface area contributed by atoms with E-state index in [4.69, 9.17) is 9.47 Å². The van der Waals surface area contributed by atoms with Crippen LogP contribution in [0.25, 0.3) is 0 Å². The van der Waals surface area contributed by atoms with Crippen LogP contribution in [0.3, 0.4) is 0 Å². The Morgan fingerprint density at radius 2 is 1.78 bits per heavy atom. The molecule has 0 radical (unpaired) electrons. The average Bonchev–Trinajstić information content (AvgIpc) is 3.25. The van der Waals surface area contributed by atoms with Crippen molar-refractivity contribution in [3.05, 3.63) is 59.4 Å². The summed E-state index contributed by atoms with van der Waals surface area (Å²) in [5.74, 6) is 1.94. The number of rotatable bonds is 6. The van der Waals surface area contributed by atoms with E-state index in [0.717, 1.165) is 36.0 Å². The maximum atomic E-state index is 13.4. The highest BCUT2D eigenvalue weighted by atomic mass is 32.1. The van der Waals surface area contributed by atoms with Crippen LogP contribution in [0.2, 0.25) is 0 Å². The van der Waals surface area contributed by atoms with E-state index in [-0.39, 0.29) is 17.2 Å². The largest absolute Gasteiger partial charge is 0.420 e. The predicted octanol–water partition coefficient (Wildman–Crippen LogP) is 4.40. The van der Waals surface area contributed by atoms with Crippen LogP contribution in [0.5, 0.6) is 5.06 Å². The molecule has 2 amide bonds. The molecule has 11 heteroatoms. The molecule has 2 saturated heterocycles. The van der Waals surface area contributed by atoms with E-state index in [9.17, 15) is 9.59 Å². The van der Waals surface area contributed by atoms with Gasteiger partial charge in [-0.15, -0.1) is 5.10 Å². The van der Waals surface area contributed by atoms with Crippen molar-refractivity contribution in [2.24, 2.45) is 17.8 Å². The maximum Gasteiger partial charge on any atom is 0.420 e. The molecule has 3 aromatic rings. The molecule has 2 aromatic heterocycles. The van der Waals surface area contributed by atoms with Gasteiger partial charge in [0.25, 0.3) is 5.91 Å². The number of benzene rings is 1. The number of nitrogens with zero attached hydrogens (tertiary/aromatic N) is 6. The summed E-state index contributed by atoms with van der Waals surface area (Å²) < 4.78 is 15.1. The first kappa shape index (κ1) is 27.6. The summed E-state index contributed by atoms with van der Waals surface area (Å²) in [5, 5.41) is 4.35. The van der Waals surface area contributed by atoms with Gasteiger partial charge in [0.1, 0.15) is 11.5 Å². The summed E-state index contributed by atoms with van der Waals surface area (Å²) in [6.45, 7) is 13.1. The number of carbonyl (C=O) groups is 2. The number of amides is 2. The Hall–Kier alpha value is -3.57. The Balaban J connectivity index is 1.13. The molecule has 0 bridgehead atoms. The SMILES string of the molecule is Cc1nnsc1OC(=O)N(CC1C2CN(C(=O)c3ccc(C(C)(C)C)cc3)CC21)c1ccc(N2CCOCC2)nc1. The summed E-state index contributed by atoms with van der Waals surface area (Å²) in [6.07, 6.45) is 1.26. The first-order chi connectivity index (χ1) is 19.7. The number of fused-ring (bicyclic) bond motifs is 1. The van der Waals surface area contributed by atoms with Gasteiger partial charge >= 0.3 is 6.09 Å². The smallest absolute Gasteiger partial charge is 0.395 e. The van der Waals surface area contributed by atoms with E-state index in [0.29, 0.717) is 61.1 Å². The summed E-state index contributed by atoms with van der Waals surface area (Å²) in [6, 6.07) is 11.8. The zero-order valence-electron chi connectivity index (χ0n) is 23.9. The van der Waals surface area contributed by atoms with Crippen molar-refractivity contribution in [3.63, 3.8) is 0 Å². The molecule has 2 aliphatic heterocycles. The fourth-order valence-electron chi connectivity index (χ4n) is 5.85. The van der Waals surface area contributed by atoms with Gasteiger partial charge in [0.2, 0.25) is 5.06 Å². The van der Waals surface area contributed by atoms with Crippen molar-refractivity contribution < 1.29 is 19.1 Å². The highest BCUT2D eigenvalue weighted by molar-refractivity contribution is 7.07. The van der Waals surface area contributed by atoms with Crippen molar-refractivity contribution in [2.45, 2.75) is 33.1 Å². The monoisotopic (exact) mass is 576 g/mol. The van der Waals surface area contributed by atoms with E-state index in [1.807, 2.05) is 29.2 Å². The number of aromatic nitrogens is 3. The number of aryl methyl sites for hydroxylation is 1. The summed E-state index contributed by atoms with van der Waals surface area (Å²) in [4.78, 5) is 37.1. The second-order valence-electron chi connectivity index (χ2n) is 12.1. The summed E-state index contributed by atoms with van der Waals surface area (Å²) >= 11 is 1.06. The third-order valence-electron chi connectivity index (χ3n) is 8.44. The van der Waals surface area contributed by atoms with Crippen LogP contribution in [0.1, 0.15) is 42.4 Å². The number of likely N-dealkylation sites (tertiary alicyclic amines) is 1. The first-order valence-electron chi connectivity index (χ1n) is 14.2. The molecular formula is C30H36N6O4S. The van der Waals surface area contributed by atoms with Gasteiger partial charge in [-0.3, -0.25) is 9.69 Å². The van der Waals surface area contributed by atoms with Crippen LogP contribution in [0, 0.1) is 24.7 Å². The van der Waals surface area contributed by atoms with E-state index in [1.54, 1.807) is 18.0 Å². The molecule has 2 atom stereocenters. The molecule has 41 heavy (non-hydrogen) atoms. The minimum Gasteiger partial charge on any atom is -0.395 e. The van der Waals surface area contributed by atoms with Gasteiger partial charge in [-0.05, 0) is 59.9 Å². The van der Waals surface area contributed by atoms with Gasteiger partial charge in [-0.25, -0.2) is 9.78 Å². The maximum absolute atomic E-state index is 13.4. The lowest BCUT2D eigenvalue weighted by atomic mass is 9.86. The highest BCUT2D eigenvalue weighted by Crippen LogP contribution is 2.52. The molecule has 0 spiro atoms. The quantitative estimate of drug-likeness (QED) is 0.426. The molecular weight excluding hydrogens is 540 g/mol. The number of morpholine rings is 1. The van der Waals surface area contributed by atoms with Crippen molar-refractivity contribution in [1.82, 2.24) is 19.5 Å². The Kier molecular flexibility index (Phi) is 7.41. The normalized spacial score (nSPS) is 21.9. The number of pyridine rings is 1. The average molecular weight is 577 g/mol. The lowest BCUT2D eigenvalue weighted by Gasteiger charge is -2.28. The van der Waals surface area contributed by atoms with Crippen LogP contribution >= 0.6 is 11.5 Å². The number of ether oxygens (including phenoxy) is 2. The van der Waals surface area contributed by atoms with Crippen LogP contribution < -0.4 is 14.5 Å². The van der Waals surface area contributed by atoms with Crippen molar-refractivity contribution in [3.8, 4) is 5.06 Å². The van der Waals surface area contributed by atoms with E-state index >= 15 is 0 Å². The Labute approximate surface area is 244 Å². The summed E-state index contributed by atoms with van der Waals surface area (Å²) in [7, 11) is 0. The van der Waals surface area contributed by atoms with Crippen LogP contribution in [-0.4, -0.2) is 77.4 Å². The lowest BCUT2D eigenvalue weighted by molar-refractivity contribution is 0.0768. The number of carbonyl (C=O) groups excluding carboxylic acids is 2. The zero-order chi connectivity index (χ0) is 28.7. The second kappa shape index (κ2) is 11.0. The Morgan fingerprint density at radius 3 is 2.37 bits per heavy atom. The Morgan fingerprint density at radius 1 is 1.07 bits per heavy atom. The molecule has 2 unspecified atom stereocenters. The topological polar surface area (TPSA) is 101 Å².